The molecule has 0 saturated heterocycles. The highest BCUT2D eigenvalue weighted by Gasteiger charge is 2.34. The fraction of sp³-hybridized carbons (Fsp3) is 0.240. The lowest BCUT2D eigenvalue weighted by atomic mass is 10.2. The second-order valence-corrected chi connectivity index (χ2v) is 8.33. The molecule has 1 aliphatic heterocycles. The van der Waals surface area contributed by atoms with Crippen molar-refractivity contribution in [2.24, 2.45) is 0 Å². The van der Waals surface area contributed by atoms with Crippen LogP contribution in [0.1, 0.15) is 11.3 Å². The molecule has 0 unspecified atom stereocenters. The molecule has 0 spiro atoms. The van der Waals surface area contributed by atoms with Gasteiger partial charge in [0, 0.05) is 18.0 Å². The predicted molar refractivity (Wildman–Crippen MR) is 131 cm³/mol. The molecule has 2 aromatic carbocycles. The number of benzene rings is 2. The molecule has 4 aromatic rings. The van der Waals surface area contributed by atoms with E-state index in [0.717, 1.165) is 11.4 Å². The van der Waals surface area contributed by atoms with Gasteiger partial charge in [-0.3, -0.25) is 0 Å². The van der Waals surface area contributed by atoms with Crippen molar-refractivity contribution in [3.05, 3.63) is 66.4 Å². The Hall–Kier alpha value is -4.48. The van der Waals surface area contributed by atoms with Gasteiger partial charge in [0.2, 0.25) is 5.95 Å². The number of ether oxygens (including phenoxy) is 3. The lowest BCUT2D eigenvalue weighted by molar-refractivity contribution is -0.274. The lowest BCUT2D eigenvalue weighted by Gasteiger charge is -2.31. The van der Waals surface area contributed by atoms with Gasteiger partial charge in [-0.05, 0) is 43.7 Å². The maximum atomic E-state index is 13.1. The van der Waals surface area contributed by atoms with Gasteiger partial charge in [-0.1, -0.05) is 6.07 Å². The van der Waals surface area contributed by atoms with Crippen LogP contribution in [0.15, 0.2) is 55.1 Å². The van der Waals surface area contributed by atoms with Gasteiger partial charge in [0.15, 0.2) is 17.3 Å². The summed E-state index contributed by atoms with van der Waals surface area (Å²) < 4.78 is 56.7. The van der Waals surface area contributed by atoms with E-state index in [1.807, 2.05) is 29.8 Å². The Kier molecular flexibility index (Phi) is 6.24. The monoisotopic (exact) mass is 512 g/mol. The van der Waals surface area contributed by atoms with Gasteiger partial charge in [0.05, 0.1) is 43.2 Å². The van der Waals surface area contributed by atoms with Gasteiger partial charge in [-0.15, -0.1) is 13.2 Å². The molecule has 0 aliphatic carbocycles. The number of anilines is 4. The zero-order valence-corrected chi connectivity index (χ0v) is 20.2. The fourth-order valence-corrected chi connectivity index (χ4v) is 4.01. The van der Waals surface area contributed by atoms with Gasteiger partial charge in [-0.2, -0.15) is 4.98 Å². The summed E-state index contributed by atoms with van der Waals surface area (Å²) in [6.45, 7) is 4.11. The zero-order chi connectivity index (χ0) is 26.2. The minimum atomic E-state index is -4.84. The first-order chi connectivity index (χ1) is 17.7. The third kappa shape index (κ3) is 5.22. The number of aryl methyl sites for hydroxylation is 2. The van der Waals surface area contributed by atoms with E-state index in [-0.39, 0.29) is 30.5 Å². The van der Waals surface area contributed by atoms with E-state index in [4.69, 9.17) is 9.47 Å². The van der Waals surface area contributed by atoms with Crippen molar-refractivity contribution in [2.45, 2.75) is 20.2 Å². The van der Waals surface area contributed by atoms with Crippen LogP contribution in [0, 0.1) is 13.8 Å². The summed E-state index contributed by atoms with van der Waals surface area (Å²) in [5.74, 6) is 1.17. The molecule has 1 aliphatic rings. The van der Waals surface area contributed by atoms with Crippen molar-refractivity contribution in [1.82, 2.24) is 19.5 Å². The van der Waals surface area contributed by atoms with Gasteiger partial charge >= 0.3 is 6.36 Å². The molecule has 9 nitrogen and oxygen atoms in total. The Balaban J connectivity index is 1.47. The van der Waals surface area contributed by atoms with Crippen molar-refractivity contribution >= 4 is 23.1 Å². The number of fused-ring (bicyclic) bond motifs is 1. The first kappa shape index (κ1) is 24.2. The number of nitrogens with one attached hydrogen (secondary N) is 1. The van der Waals surface area contributed by atoms with Crippen LogP contribution >= 0.6 is 0 Å². The van der Waals surface area contributed by atoms with Crippen LogP contribution in [-0.2, 0) is 0 Å². The number of alkyl halides is 3. The number of aromatic nitrogens is 4. The van der Waals surface area contributed by atoms with Crippen LogP contribution in [0.5, 0.6) is 17.2 Å². The summed E-state index contributed by atoms with van der Waals surface area (Å²) in [7, 11) is 1.57. The Morgan fingerprint density at radius 3 is 2.57 bits per heavy atom. The average molecular weight is 512 g/mol. The molecule has 3 heterocycles. The average Bonchev–Trinajstić information content (AvgIpc) is 3.29. The number of halogens is 3. The van der Waals surface area contributed by atoms with Gasteiger partial charge in [-0.25, -0.2) is 9.97 Å². The molecule has 0 fully saturated rings. The number of hydrogen-bond acceptors (Lipinski definition) is 8. The Bertz CT molecular complexity index is 1440. The van der Waals surface area contributed by atoms with Crippen LogP contribution in [-0.4, -0.2) is 46.1 Å². The van der Waals surface area contributed by atoms with Crippen molar-refractivity contribution in [3.8, 4) is 22.9 Å². The quantitative estimate of drug-likeness (QED) is 0.365. The maximum absolute atomic E-state index is 13.1. The number of methoxy groups -OCH3 is 1. The number of imidazole rings is 1. The normalized spacial score (nSPS) is 13.1. The second-order valence-electron chi connectivity index (χ2n) is 8.33. The third-order valence-electron chi connectivity index (χ3n) is 5.62. The standard InChI is InChI=1S/C25H23F3N6O3/c1-15-4-6-19(21(10-15)37-25(26,27)28)34-8-9-36-22-12-29-24(32-23(22)34)31-17-5-7-18(20(11-17)35-3)33-13-16(2)30-14-33/h4-7,10-14H,8-9H2,1-3H3,(H,29,31,32). The van der Waals surface area contributed by atoms with Gasteiger partial charge in [0.25, 0.3) is 0 Å². The van der Waals surface area contributed by atoms with E-state index in [2.05, 4.69) is 25.0 Å². The summed E-state index contributed by atoms with van der Waals surface area (Å²) >= 11 is 0. The van der Waals surface area contributed by atoms with Crippen LogP contribution in [0.25, 0.3) is 5.69 Å². The molecule has 192 valence electrons. The van der Waals surface area contributed by atoms with Crippen molar-refractivity contribution in [2.75, 3.05) is 30.5 Å². The molecule has 37 heavy (non-hydrogen) atoms. The summed E-state index contributed by atoms with van der Waals surface area (Å²) in [5, 5.41) is 3.13. The summed E-state index contributed by atoms with van der Waals surface area (Å²) in [6.07, 6.45) is 0.225. The largest absolute Gasteiger partial charge is 0.573 e. The van der Waals surface area contributed by atoms with Crippen LogP contribution in [0.4, 0.5) is 36.3 Å². The lowest BCUT2D eigenvalue weighted by Crippen LogP contribution is -2.31. The van der Waals surface area contributed by atoms with Crippen LogP contribution in [0.2, 0.25) is 0 Å². The molecule has 2 aromatic heterocycles. The minimum absolute atomic E-state index is 0.221. The van der Waals surface area contributed by atoms with Crippen molar-refractivity contribution < 1.29 is 27.4 Å². The highest BCUT2D eigenvalue weighted by atomic mass is 19.4. The van der Waals surface area contributed by atoms with Gasteiger partial charge in [0.1, 0.15) is 12.4 Å². The highest BCUT2D eigenvalue weighted by Crippen LogP contribution is 2.41. The topological polar surface area (TPSA) is 86.6 Å². The molecular formula is C25H23F3N6O3. The van der Waals surface area contributed by atoms with E-state index in [1.165, 1.54) is 12.3 Å². The number of rotatable bonds is 6. The van der Waals surface area contributed by atoms with E-state index >= 15 is 0 Å². The van der Waals surface area contributed by atoms with E-state index in [9.17, 15) is 13.2 Å². The van der Waals surface area contributed by atoms with Crippen molar-refractivity contribution in [1.29, 1.82) is 0 Å². The first-order valence-corrected chi connectivity index (χ1v) is 11.3. The molecule has 0 amide bonds. The fourth-order valence-electron chi connectivity index (χ4n) is 4.01. The highest BCUT2D eigenvalue weighted by molar-refractivity contribution is 5.73. The van der Waals surface area contributed by atoms with Crippen LogP contribution in [0.3, 0.4) is 0 Å². The summed E-state index contributed by atoms with van der Waals surface area (Å²) in [5.41, 5.74) is 3.17. The van der Waals surface area contributed by atoms with Gasteiger partial charge < -0.3 is 29.0 Å². The molecule has 0 radical (unpaired) electrons. The van der Waals surface area contributed by atoms with E-state index in [1.54, 1.807) is 43.5 Å². The molecule has 0 bridgehead atoms. The smallest absolute Gasteiger partial charge is 0.494 e. The Morgan fingerprint density at radius 1 is 1.03 bits per heavy atom. The summed E-state index contributed by atoms with van der Waals surface area (Å²) in [4.78, 5) is 14.7. The Morgan fingerprint density at radius 2 is 1.84 bits per heavy atom. The molecule has 12 heteroatoms. The number of nitrogens with zero attached hydrogens (tertiary/aromatic N) is 5. The molecule has 0 saturated carbocycles. The minimum Gasteiger partial charge on any atom is -0.494 e. The SMILES string of the molecule is COc1cc(Nc2ncc3c(n2)N(c2ccc(C)cc2OC(F)(F)F)CCO3)ccc1-n1cnc(C)c1. The van der Waals surface area contributed by atoms with Crippen LogP contribution < -0.4 is 24.4 Å². The number of hydrogen-bond donors (Lipinski definition) is 1. The Labute approximate surface area is 210 Å². The third-order valence-corrected chi connectivity index (χ3v) is 5.62. The summed E-state index contributed by atoms with van der Waals surface area (Å²) in [6, 6.07) is 10.1. The molecular weight excluding hydrogens is 489 g/mol. The zero-order valence-electron chi connectivity index (χ0n) is 20.2. The maximum Gasteiger partial charge on any atom is 0.573 e. The molecule has 0 atom stereocenters. The molecule has 1 N–H and O–H groups in total. The van der Waals surface area contributed by atoms with E-state index in [0.29, 0.717) is 28.6 Å². The predicted octanol–water partition coefficient (Wildman–Crippen LogP) is 5.46. The molecule has 5 rings (SSSR count). The second kappa shape index (κ2) is 9.52. The van der Waals surface area contributed by atoms with E-state index < -0.39 is 6.36 Å². The first-order valence-electron chi connectivity index (χ1n) is 11.3. The van der Waals surface area contributed by atoms with Crippen molar-refractivity contribution in [3.63, 3.8) is 0 Å².